The molecule has 22 heavy (non-hydrogen) atoms. The van der Waals surface area contributed by atoms with Crippen molar-refractivity contribution in [3.05, 3.63) is 63.6 Å². The Morgan fingerprint density at radius 1 is 1.09 bits per heavy atom. The Balaban J connectivity index is 2.40. The van der Waals surface area contributed by atoms with Gasteiger partial charge >= 0.3 is 5.97 Å². The van der Waals surface area contributed by atoms with Crippen molar-refractivity contribution in [2.24, 2.45) is 0 Å². The fourth-order valence-corrected chi connectivity index (χ4v) is 2.41. The largest absolute Gasteiger partial charge is 0.480 e. The summed E-state index contributed by atoms with van der Waals surface area (Å²) < 4.78 is 0. The molecule has 2 aromatic carbocycles. The zero-order chi connectivity index (χ0) is 16.3. The lowest BCUT2D eigenvalue weighted by atomic mass is 10.0. The molecule has 0 amide bonds. The first kappa shape index (κ1) is 16.3. The topological polar surface area (TPSA) is 66.4 Å². The van der Waals surface area contributed by atoms with E-state index in [2.05, 4.69) is 5.32 Å². The highest BCUT2D eigenvalue weighted by atomic mass is 35.5. The van der Waals surface area contributed by atoms with Crippen LogP contribution in [0.5, 0.6) is 0 Å². The molecule has 0 radical (unpaired) electrons. The van der Waals surface area contributed by atoms with Gasteiger partial charge in [0, 0.05) is 21.8 Å². The molecule has 0 aliphatic rings. The van der Waals surface area contributed by atoms with Crippen molar-refractivity contribution in [3.8, 4) is 0 Å². The van der Waals surface area contributed by atoms with E-state index < -0.39 is 12.0 Å². The summed E-state index contributed by atoms with van der Waals surface area (Å²) in [5.74, 6) is -1.31. The molecule has 2 N–H and O–H groups in total. The van der Waals surface area contributed by atoms with Crippen molar-refractivity contribution in [2.75, 3.05) is 5.32 Å². The van der Waals surface area contributed by atoms with Gasteiger partial charge in [-0.3, -0.25) is 9.59 Å². The summed E-state index contributed by atoms with van der Waals surface area (Å²) in [5.41, 5.74) is 1.09. The van der Waals surface area contributed by atoms with E-state index >= 15 is 0 Å². The molecule has 114 valence electrons. The third-order valence-electron chi connectivity index (χ3n) is 3.09. The van der Waals surface area contributed by atoms with Crippen LogP contribution in [-0.4, -0.2) is 22.9 Å². The number of ketones is 1. The molecule has 4 nitrogen and oxygen atoms in total. The minimum absolute atomic E-state index is 0.249. The number of carboxylic acids is 1. The number of aliphatic carboxylic acids is 1. The van der Waals surface area contributed by atoms with E-state index in [0.717, 1.165) is 0 Å². The number of carbonyl (C=O) groups excluding carboxylic acids is 1. The molecule has 0 saturated carbocycles. The molecule has 0 aromatic heterocycles. The second-order valence-corrected chi connectivity index (χ2v) is 5.55. The zero-order valence-electron chi connectivity index (χ0n) is 11.6. The summed E-state index contributed by atoms with van der Waals surface area (Å²) in [4.78, 5) is 23.6. The van der Waals surface area contributed by atoms with Crippen molar-refractivity contribution in [1.82, 2.24) is 0 Å². The maximum Gasteiger partial charge on any atom is 0.325 e. The van der Waals surface area contributed by atoms with Gasteiger partial charge in [-0.15, -0.1) is 0 Å². The fourth-order valence-electron chi connectivity index (χ4n) is 1.92. The first-order valence-electron chi connectivity index (χ1n) is 6.48. The maximum atomic E-state index is 12.6. The van der Waals surface area contributed by atoms with E-state index in [1.54, 1.807) is 36.4 Å². The van der Waals surface area contributed by atoms with Crippen molar-refractivity contribution in [2.45, 2.75) is 13.0 Å². The summed E-state index contributed by atoms with van der Waals surface area (Å²) in [7, 11) is 0. The van der Waals surface area contributed by atoms with Gasteiger partial charge in [-0.05, 0) is 37.3 Å². The van der Waals surface area contributed by atoms with Crippen LogP contribution in [0.3, 0.4) is 0 Å². The number of hydrogen-bond acceptors (Lipinski definition) is 3. The number of carbonyl (C=O) groups is 2. The first-order chi connectivity index (χ1) is 10.4. The molecule has 1 atom stereocenters. The van der Waals surface area contributed by atoms with E-state index in [1.165, 1.54) is 13.0 Å². The van der Waals surface area contributed by atoms with Gasteiger partial charge in [0.1, 0.15) is 6.04 Å². The number of carboxylic acid groups (broad SMARTS) is 1. The number of para-hydroxylation sites is 1. The monoisotopic (exact) mass is 337 g/mol. The smallest absolute Gasteiger partial charge is 0.325 e. The van der Waals surface area contributed by atoms with Crippen LogP contribution in [0.2, 0.25) is 10.0 Å². The quantitative estimate of drug-likeness (QED) is 0.805. The van der Waals surface area contributed by atoms with Crippen molar-refractivity contribution in [1.29, 1.82) is 0 Å². The Bertz CT molecular complexity index is 731. The molecule has 2 aromatic rings. The number of hydrogen-bond donors (Lipinski definition) is 2. The van der Waals surface area contributed by atoms with Crippen molar-refractivity contribution >= 4 is 40.6 Å². The standard InChI is InChI=1S/C16H13Cl2NO3/c1-9(16(21)22)19-14-5-3-2-4-12(14)15(20)11-7-6-10(17)8-13(11)18/h2-9,19H,1H3,(H,21,22). The van der Waals surface area contributed by atoms with Crippen LogP contribution < -0.4 is 5.32 Å². The van der Waals surface area contributed by atoms with Gasteiger partial charge in [0.2, 0.25) is 0 Å². The number of nitrogens with one attached hydrogen (secondary N) is 1. The van der Waals surface area contributed by atoms with Crippen LogP contribution >= 0.6 is 23.2 Å². The van der Waals surface area contributed by atoms with Gasteiger partial charge in [-0.2, -0.15) is 0 Å². The van der Waals surface area contributed by atoms with E-state index in [-0.39, 0.29) is 10.8 Å². The second kappa shape index (κ2) is 6.81. The molecule has 0 fully saturated rings. The second-order valence-electron chi connectivity index (χ2n) is 4.70. The van der Waals surface area contributed by atoms with Gasteiger partial charge in [-0.1, -0.05) is 35.3 Å². The Labute approximate surface area is 137 Å². The lowest BCUT2D eigenvalue weighted by molar-refractivity contribution is -0.137. The van der Waals surface area contributed by atoms with Gasteiger partial charge in [-0.25, -0.2) is 0 Å². The van der Waals surface area contributed by atoms with Crippen LogP contribution in [0.1, 0.15) is 22.8 Å². The molecule has 6 heteroatoms. The number of rotatable bonds is 5. The number of benzene rings is 2. The highest BCUT2D eigenvalue weighted by molar-refractivity contribution is 6.37. The zero-order valence-corrected chi connectivity index (χ0v) is 13.2. The van der Waals surface area contributed by atoms with Crippen LogP contribution in [0.25, 0.3) is 0 Å². The number of anilines is 1. The van der Waals surface area contributed by atoms with Gasteiger partial charge < -0.3 is 10.4 Å². The third kappa shape index (κ3) is 3.59. The van der Waals surface area contributed by atoms with E-state index in [9.17, 15) is 9.59 Å². The Morgan fingerprint density at radius 2 is 1.77 bits per heavy atom. The van der Waals surface area contributed by atoms with Crippen LogP contribution in [0.4, 0.5) is 5.69 Å². The van der Waals surface area contributed by atoms with Crippen LogP contribution in [0, 0.1) is 0 Å². The van der Waals surface area contributed by atoms with E-state index in [1.807, 2.05) is 0 Å². The normalized spacial score (nSPS) is 11.8. The molecule has 0 bridgehead atoms. The molecular weight excluding hydrogens is 325 g/mol. The number of halogens is 2. The molecule has 0 saturated heterocycles. The summed E-state index contributed by atoms with van der Waals surface area (Å²) in [6.07, 6.45) is 0. The predicted molar refractivity (Wildman–Crippen MR) is 87.1 cm³/mol. The molecule has 0 spiro atoms. The SMILES string of the molecule is CC(Nc1ccccc1C(=O)c1ccc(Cl)cc1Cl)C(=O)O. The van der Waals surface area contributed by atoms with Gasteiger partial charge in [0.25, 0.3) is 0 Å². The maximum absolute atomic E-state index is 12.6. The lowest BCUT2D eigenvalue weighted by Crippen LogP contribution is -2.26. The summed E-state index contributed by atoms with van der Waals surface area (Å²) in [5, 5.41) is 12.5. The minimum atomic E-state index is -1.01. The Kier molecular flexibility index (Phi) is 5.06. The average molecular weight is 338 g/mol. The van der Waals surface area contributed by atoms with E-state index in [0.29, 0.717) is 21.8 Å². The molecule has 0 aliphatic heterocycles. The summed E-state index contributed by atoms with van der Waals surface area (Å²) in [6.45, 7) is 1.50. The molecular formula is C16H13Cl2NO3. The molecule has 0 aliphatic carbocycles. The van der Waals surface area contributed by atoms with E-state index in [4.69, 9.17) is 28.3 Å². The van der Waals surface area contributed by atoms with Crippen LogP contribution in [0.15, 0.2) is 42.5 Å². The van der Waals surface area contributed by atoms with Crippen molar-refractivity contribution < 1.29 is 14.7 Å². The average Bonchev–Trinajstić information content (AvgIpc) is 2.47. The van der Waals surface area contributed by atoms with Gasteiger partial charge in [0.05, 0.1) is 5.02 Å². The fraction of sp³-hybridized carbons (Fsp3) is 0.125. The van der Waals surface area contributed by atoms with Gasteiger partial charge in [0.15, 0.2) is 5.78 Å². The highest BCUT2D eigenvalue weighted by Gasteiger charge is 2.19. The third-order valence-corrected chi connectivity index (χ3v) is 3.64. The predicted octanol–water partition coefficient (Wildman–Crippen LogP) is 4.11. The lowest BCUT2D eigenvalue weighted by Gasteiger charge is -2.14. The van der Waals surface area contributed by atoms with Crippen LogP contribution in [-0.2, 0) is 4.79 Å². The molecule has 1 unspecified atom stereocenters. The van der Waals surface area contributed by atoms with Crippen molar-refractivity contribution in [3.63, 3.8) is 0 Å². The highest BCUT2D eigenvalue weighted by Crippen LogP contribution is 2.26. The molecule has 2 rings (SSSR count). The summed E-state index contributed by atoms with van der Waals surface area (Å²) >= 11 is 11.9. The Morgan fingerprint density at radius 3 is 2.41 bits per heavy atom. The summed E-state index contributed by atoms with van der Waals surface area (Å²) in [6, 6.07) is 10.5. The molecule has 0 heterocycles. The minimum Gasteiger partial charge on any atom is -0.480 e. The Hall–Kier alpha value is -2.04. The first-order valence-corrected chi connectivity index (χ1v) is 7.24.